The van der Waals surface area contributed by atoms with Crippen LogP contribution in [-0.4, -0.2) is 12.9 Å². The normalized spacial score (nSPS) is 27.9. The Kier molecular flexibility index (Phi) is 2.79. The monoisotopic (exact) mass is 231 g/mol. The van der Waals surface area contributed by atoms with Crippen LogP contribution in [0.2, 0.25) is 0 Å². The molecule has 1 saturated carbocycles. The first kappa shape index (κ1) is 11.5. The number of hydrogen-bond donors (Lipinski definition) is 1. The number of nitrogens with zero attached hydrogens (tertiary/aromatic N) is 2. The molecule has 1 fully saturated rings. The highest BCUT2D eigenvalue weighted by atomic mass is 16.7. The first-order valence-electron chi connectivity index (χ1n) is 5.46. The van der Waals surface area contributed by atoms with Crippen LogP contribution in [0.4, 0.5) is 0 Å². The van der Waals surface area contributed by atoms with Crippen molar-refractivity contribution in [1.82, 2.24) is 0 Å². The van der Waals surface area contributed by atoms with Crippen molar-refractivity contribution in [3.8, 4) is 12.1 Å². The van der Waals surface area contributed by atoms with Gasteiger partial charge in [-0.1, -0.05) is 0 Å². The molecule has 0 saturated heterocycles. The van der Waals surface area contributed by atoms with Crippen molar-refractivity contribution in [1.29, 1.82) is 10.5 Å². The van der Waals surface area contributed by atoms with Crippen LogP contribution in [0, 0.1) is 22.7 Å². The minimum Gasteiger partial charge on any atom is -0.442 e. The lowest BCUT2D eigenvalue weighted by molar-refractivity contribution is -0.187. The number of methoxy groups -OCH3 is 1. The van der Waals surface area contributed by atoms with Gasteiger partial charge in [-0.15, -0.1) is 0 Å². The largest absolute Gasteiger partial charge is 0.442 e. The average molecular weight is 231 g/mol. The van der Waals surface area contributed by atoms with Crippen LogP contribution in [0.25, 0.3) is 0 Å². The van der Waals surface area contributed by atoms with E-state index in [4.69, 9.17) is 20.5 Å². The molecule has 5 nitrogen and oxygen atoms in total. The molecule has 0 bridgehead atoms. The van der Waals surface area contributed by atoms with Crippen LogP contribution >= 0.6 is 0 Å². The van der Waals surface area contributed by atoms with Crippen LogP contribution in [0.1, 0.15) is 25.7 Å². The molecule has 0 aromatic carbocycles. The number of ether oxygens (including phenoxy) is 2. The lowest BCUT2D eigenvalue weighted by Crippen LogP contribution is -2.43. The van der Waals surface area contributed by atoms with Crippen LogP contribution in [0.5, 0.6) is 0 Å². The summed E-state index contributed by atoms with van der Waals surface area (Å²) in [5.74, 6) is -0.954. The standard InChI is InChI=1S/C12H13N3O2/c1-16-12-5-3-2-4-10(12)8(6-13)9(7-14)11(15)17-12/h2-5,15H2,1H3/t12-/m0/s1. The molecule has 2 rings (SSSR count). The van der Waals surface area contributed by atoms with Gasteiger partial charge in [0.25, 0.3) is 0 Å². The highest BCUT2D eigenvalue weighted by Crippen LogP contribution is 2.44. The van der Waals surface area contributed by atoms with E-state index in [0.717, 1.165) is 18.4 Å². The zero-order valence-electron chi connectivity index (χ0n) is 9.62. The third-order valence-electron chi connectivity index (χ3n) is 3.27. The van der Waals surface area contributed by atoms with Gasteiger partial charge in [0, 0.05) is 19.1 Å². The van der Waals surface area contributed by atoms with E-state index in [9.17, 15) is 5.26 Å². The molecular weight excluding hydrogens is 218 g/mol. The quantitative estimate of drug-likeness (QED) is 0.737. The predicted octanol–water partition coefficient (Wildman–Crippen LogP) is 1.45. The van der Waals surface area contributed by atoms with Gasteiger partial charge >= 0.3 is 0 Å². The topological polar surface area (TPSA) is 92.1 Å². The van der Waals surface area contributed by atoms with Gasteiger partial charge in [-0.05, 0) is 19.3 Å². The second-order valence-corrected chi connectivity index (χ2v) is 4.08. The van der Waals surface area contributed by atoms with Crippen molar-refractivity contribution in [2.75, 3.05) is 7.11 Å². The molecule has 0 aromatic rings. The van der Waals surface area contributed by atoms with Gasteiger partial charge in [0.15, 0.2) is 0 Å². The van der Waals surface area contributed by atoms with Crippen LogP contribution in [0.15, 0.2) is 22.6 Å². The molecule has 2 N–H and O–H groups in total. The Morgan fingerprint density at radius 2 is 2.00 bits per heavy atom. The molecule has 0 amide bonds. The van der Waals surface area contributed by atoms with Gasteiger partial charge < -0.3 is 15.2 Å². The summed E-state index contributed by atoms with van der Waals surface area (Å²) < 4.78 is 11.0. The van der Waals surface area contributed by atoms with Crippen molar-refractivity contribution < 1.29 is 9.47 Å². The number of hydrogen-bond acceptors (Lipinski definition) is 5. The summed E-state index contributed by atoms with van der Waals surface area (Å²) in [6.07, 6.45) is 3.28. The van der Waals surface area contributed by atoms with E-state index in [-0.39, 0.29) is 11.5 Å². The molecule has 0 unspecified atom stereocenters. The minimum atomic E-state index is -0.937. The average Bonchev–Trinajstić information content (AvgIpc) is 2.36. The van der Waals surface area contributed by atoms with E-state index in [0.29, 0.717) is 18.4 Å². The molecule has 0 radical (unpaired) electrons. The minimum absolute atomic E-state index is 0.0171. The van der Waals surface area contributed by atoms with E-state index in [1.54, 1.807) is 0 Å². The van der Waals surface area contributed by atoms with Crippen molar-refractivity contribution >= 4 is 0 Å². The number of nitrogens with two attached hydrogens (primary N) is 1. The summed E-state index contributed by atoms with van der Waals surface area (Å²) in [7, 11) is 1.53. The Labute approximate surface area is 99.7 Å². The molecule has 1 aliphatic heterocycles. The number of nitriles is 2. The molecule has 2 aliphatic rings. The fourth-order valence-electron chi connectivity index (χ4n) is 2.43. The SMILES string of the molecule is CO[C@]12CCCCC1=C(C#N)C(C#N)=C(N)O2. The first-order chi connectivity index (χ1) is 8.18. The summed E-state index contributed by atoms with van der Waals surface area (Å²) in [6, 6.07) is 3.98. The lowest BCUT2D eigenvalue weighted by Gasteiger charge is -2.41. The third-order valence-corrected chi connectivity index (χ3v) is 3.27. The van der Waals surface area contributed by atoms with Crippen molar-refractivity contribution in [2.45, 2.75) is 31.5 Å². The lowest BCUT2D eigenvalue weighted by atomic mass is 9.82. The van der Waals surface area contributed by atoms with Gasteiger partial charge in [-0.25, -0.2) is 0 Å². The molecule has 1 atom stereocenters. The van der Waals surface area contributed by atoms with Crippen molar-refractivity contribution in [2.24, 2.45) is 5.73 Å². The maximum atomic E-state index is 9.20. The second kappa shape index (κ2) is 4.12. The first-order valence-corrected chi connectivity index (χ1v) is 5.46. The Morgan fingerprint density at radius 3 is 2.59 bits per heavy atom. The van der Waals surface area contributed by atoms with E-state index in [2.05, 4.69) is 6.07 Å². The molecule has 88 valence electrons. The van der Waals surface area contributed by atoms with E-state index in [1.165, 1.54) is 7.11 Å². The highest BCUT2D eigenvalue weighted by Gasteiger charge is 2.45. The number of fused-ring (bicyclic) bond motifs is 1. The number of allylic oxidation sites excluding steroid dienone is 2. The van der Waals surface area contributed by atoms with Gasteiger partial charge in [-0.3, -0.25) is 0 Å². The zero-order valence-corrected chi connectivity index (χ0v) is 9.62. The molecule has 0 spiro atoms. The maximum Gasteiger partial charge on any atom is 0.236 e. The van der Waals surface area contributed by atoms with Crippen LogP contribution < -0.4 is 5.73 Å². The van der Waals surface area contributed by atoms with E-state index < -0.39 is 5.79 Å². The Hall–Kier alpha value is -1.98. The molecular formula is C12H13N3O2. The fourth-order valence-corrected chi connectivity index (χ4v) is 2.43. The fraction of sp³-hybridized carbons (Fsp3) is 0.500. The molecule has 1 heterocycles. The predicted molar refractivity (Wildman–Crippen MR) is 58.8 cm³/mol. The van der Waals surface area contributed by atoms with Crippen LogP contribution in [-0.2, 0) is 9.47 Å². The molecule has 0 aromatic heterocycles. The van der Waals surface area contributed by atoms with Gasteiger partial charge in [-0.2, -0.15) is 10.5 Å². The molecule has 1 aliphatic carbocycles. The van der Waals surface area contributed by atoms with Gasteiger partial charge in [0.1, 0.15) is 17.7 Å². The smallest absolute Gasteiger partial charge is 0.236 e. The van der Waals surface area contributed by atoms with Crippen molar-refractivity contribution in [3.05, 3.63) is 22.6 Å². The van der Waals surface area contributed by atoms with E-state index >= 15 is 0 Å². The Balaban J connectivity index is 2.61. The number of rotatable bonds is 1. The summed E-state index contributed by atoms with van der Waals surface area (Å²) in [5, 5.41) is 18.2. The summed E-state index contributed by atoms with van der Waals surface area (Å²) in [4.78, 5) is 0. The maximum absolute atomic E-state index is 9.20. The second-order valence-electron chi connectivity index (χ2n) is 4.08. The highest BCUT2D eigenvalue weighted by molar-refractivity contribution is 5.57. The zero-order chi connectivity index (χ0) is 12.5. The van der Waals surface area contributed by atoms with Gasteiger partial charge in [0.05, 0.1) is 5.57 Å². The summed E-state index contributed by atoms with van der Waals surface area (Å²) >= 11 is 0. The summed E-state index contributed by atoms with van der Waals surface area (Å²) in [6.45, 7) is 0. The molecule has 5 heteroatoms. The Bertz CT molecular complexity index is 493. The third kappa shape index (κ3) is 1.56. The molecule has 17 heavy (non-hydrogen) atoms. The van der Waals surface area contributed by atoms with E-state index in [1.807, 2.05) is 6.07 Å². The van der Waals surface area contributed by atoms with Crippen LogP contribution in [0.3, 0.4) is 0 Å². The Morgan fingerprint density at radius 1 is 1.29 bits per heavy atom. The summed E-state index contributed by atoms with van der Waals surface area (Å²) in [5.41, 5.74) is 6.88. The van der Waals surface area contributed by atoms with Gasteiger partial charge in [0.2, 0.25) is 11.7 Å². The van der Waals surface area contributed by atoms with Crippen molar-refractivity contribution in [3.63, 3.8) is 0 Å².